The fraction of sp³-hybridized carbons (Fsp3) is 0.462. The zero-order chi connectivity index (χ0) is 13.0. The van der Waals surface area contributed by atoms with Crippen LogP contribution >= 0.6 is 35.7 Å². The van der Waals surface area contributed by atoms with Gasteiger partial charge in [-0.1, -0.05) is 30.9 Å². The Bertz CT molecular complexity index is 407. The number of thiocarbonyl (C=S) groups is 1. The lowest BCUT2D eigenvalue weighted by atomic mass is 10.3. The van der Waals surface area contributed by atoms with Crippen molar-refractivity contribution in [2.24, 2.45) is 0 Å². The Labute approximate surface area is 122 Å². The van der Waals surface area contributed by atoms with Crippen LogP contribution in [0.2, 0.25) is 0 Å². The smallest absolute Gasteiger partial charge is 0.137 e. The second-order valence-electron chi connectivity index (χ2n) is 3.96. The van der Waals surface area contributed by atoms with Crippen LogP contribution in [0, 0.1) is 0 Å². The Morgan fingerprint density at radius 3 is 2.67 bits per heavy atom. The number of methoxy groups -OCH3 is 1. The largest absolute Gasteiger partial charge is 0.497 e. The van der Waals surface area contributed by atoms with Gasteiger partial charge in [-0.25, -0.2) is 0 Å². The summed E-state index contributed by atoms with van der Waals surface area (Å²) in [5.41, 5.74) is 0. The highest BCUT2D eigenvalue weighted by Gasteiger charge is 2.25. The molecule has 1 aliphatic heterocycles. The van der Waals surface area contributed by atoms with Crippen molar-refractivity contribution in [1.29, 1.82) is 0 Å². The lowest BCUT2D eigenvalue weighted by molar-refractivity contribution is 0.414. The van der Waals surface area contributed by atoms with Gasteiger partial charge in [0.25, 0.3) is 0 Å². The maximum absolute atomic E-state index is 5.39. The molecule has 0 N–H and O–H groups in total. The lowest BCUT2D eigenvalue weighted by Crippen LogP contribution is -2.32. The molecular weight excluding hydrogens is 282 g/mol. The van der Waals surface area contributed by atoms with Gasteiger partial charge in [0.1, 0.15) is 10.1 Å². The standard InChI is InChI=1S/C13H17NOS3/c1-3-12(14-8-9-17-13(14)16)18-11-6-4-10(15-2)5-7-11/h4-7,12H,3,8-9H2,1-2H3. The van der Waals surface area contributed by atoms with Crippen molar-refractivity contribution < 1.29 is 4.74 Å². The predicted molar refractivity (Wildman–Crippen MR) is 84.7 cm³/mol. The highest BCUT2D eigenvalue weighted by atomic mass is 32.2. The first kappa shape index (κ1) is 14.0. The van der Waals surface area contributed by atoms with Gasteiger partial charge < -0.3 is 9.64 Å². The van der Waals surface area contributed by atoms with Crippen LogP contribution < -0.4 is 4.74 Å². The molecule has 0 radical (unpaired) electrons. The summed E-state index contributed by atoms with van der Waals surface area (Å²) in [6.07, 6.45) is 1.09. The van der Waals surface area contributed by atoms with Crippen LogP contribution in [-0.4, -0.2) is 34.0 Å². The van der Waals surface area contributed by atoms with Gasteiger partial charge >= 0.3 is 0 Å². The molecule has 5 heteroatoms. The molecule has 98 valence electrons. The van der Waals surface area contributed by atoms with Crippen LogP contribution in [-0.2, 0) is 0 Å². The zero-order valence-electron chi connectivity index (χ0n) is 10.6. The van der Waals surface area contributed by atoms with Crippen LogP contribution in [0.4, 0.5) is 0 Å². The number of rotatable bonds is 5. The van der Waals surface area contributed by atoms with Crippen LogP contribution in [0.25, 0.3) is 0 Å². The third-order valence-electron chi connectivity index (χ3n) is 2.82. The van der Waals surface area contributed by atoms with Crippen molar-refractivity contribution in [3.63, 3.8) is 0 Å². The number of hydrogen-bond donors (Lipinski definition) is 0. The molecule has 0 amide bonds. The Balaban J connectivity index is 2.02. The van der Waals surface area contributed by atoms with Gasteiger partial charge in [0.15, 0.2) is 0 Å². The maximum Gasteiger partial charge on any atom is 0.137 e. The summed E-state index contributed by atoms with van der Waals surface area (Å²) in [4.78, 5) is 3.61. The second kappa shape index (κ2) is 6.68. The molecule has 0 aliphatic carbocycles. The highest BCUT2D eigenvalue weighted by Crippen LogP contribution is 2.33. The second-order valence-corrected chi connectivity index (χ2v) is 6.94. The monoisotopic (exact) mass is 299 g/mol. The molecule has 0 saturated carbocycles. The molecule has 1 aromatic rings. The molecule has 1 heterocycles. The van der Waals surface area contributed by atoms with E-state index in [-0.39, 0.29) is 0 Å². The topological polar surface area (TPSA) is 12.5 Å². The van der Waals surface area contributed by atoms with E-state index in [1.54, 1.807) is 18.9 Å². The van der Waals surface area contributed by atoms with Crippen molar-refractivity contribution in [3.05, 3.63) is 24.3 Å². The summed E-state index contributed by atoms with van der Waals surface area (Å²) in [5.74, 6) is 2.03. The molecule has 0 bridgehead atoms. The van der Waals surface area contributed by atoms with E-state index in [9.17, 15) is 0 Å². The minimum atomic E-state index is 0.445. The fourth-order valence-electron chi connectivity index (χ4n) is 1.85. The maximum atomic E-state index is 5.39. The molecule has 1 unspecified atom stereocenters. The molecule has 1 saturated heterocycles. The Morgan fingerprint density at radius 2 is 2.17 bits per heavy atom. The Hall–Kier alpha value is -0.390. The summed E-state index contributed by atoms with van der Waals surface area (Å²) in [6, 6.07) is 8.23. The minimum absolute atomic E-state index is 0.445. The van der Waals surface area contributed by atoms with Gasteiger partial charge in [-0.3, -0.25) is 0 Å². The minimum Gasteiger partial charge on any atom is -0.497 e. The average molecular weight is 299 g/mol. The van der Waals surface area contributed by atoms with E-state index in [2.05, 4.69) is 24.0 Å². The van der Waals surface area contributed by atoms with E-state index in [0.717, 1.165) is 28.8 Å². The van der Waals surface area contributed by atoms with Gasteiger partial charge in [0.2, 0.25) is 0 Å². The van der Waals surface area contributed by atoms with Crippen LogP contribution in [0.15, 0.2) is 29.2 Å². The molecule has 0 spiro atoms. The molecule has 2 nitrogen and oxygen atoms in total. The van der Waals surface area contributed by atoms with Crippen LogP contribution in [0.3, 0.4) is 0 Å². The molecule has 1 fully saturated rings. The third kappa shape index (κ3) is 3.33. The molecule has 2 rings (SSSR count). The summed E-state index contributed by atoms with van der Waals surface area (Å²) < 4.78 is 6.22. The summed E-state index contributed by atoms with van der Waals surface area (Å²) >= 11 is 9.06. The third-order valence-corrected chi connectivity index (χ3v) is 5.68. The molecule has 1 atom stereocenters. The van der Waals surface area contributed by atoms with E-state index < -0.39 is 0 Å². The van der Waals surface area contributed by atoms with E-state index in [1.165, 1.54) is 4.90 Å². The van der Waals surface area contributed by atoms with Gasteiger partial charge in [-0.2, -0.15) is 0 Å². The predicted octanol–water partition coefficient (Wildman–Crippen LogP) is 3.86. The summed E-state index contributed by atoms with van der Waals surface area (Å²) in [5, 5.41) is 0.445. The molecular formula is C13H17NOS3. The van der Waals surface area contributed by atoms with E-state index >= 15 is 0 Å². The van der Waals surface area contributed by atoms with Crippen molar-refractivity contribution in [1.82, 2.24) is 4.90 Å². The molecule has 0 aromatic heterocycles. The van der Waals surface area contributed by atoms with E-state index in [1.807, 2.05) is 23.9 Å². The quantitative estimate of drug-likeness (QED) is 0.603. The van der Waals surface area contributed by atoms with Crippen molar-refractivity contribution in [3.8, 4) is 5.75 Å². The SMILES string of the molecule is CCC(Sc1ccc(OC)cc1)N1CCSC1=S. The number of benzene rings is 1. The first-order valence-corrected chi connectivity index (χ1v) is 8.26. The zero-order valence-corrected chi connectivity index (χ0v) is 13.0. The van der Waals surface area contributed by atoms with E-state index in [4.69, 9.17) is 17.0 Å². The van der Waals surface area contributed by atoms with Crippen molar-refractivity contribution in [2.45, 2.75) is 23.6 Å². The first-order chi connectivity index (χ1) is 8.74. The van der Waals surface area contributed by atoms with Gasteiger partial charge in [-0.05, 0) is 30.7 Å². The summed E-state index contributed by atoms with van der Waals surface area (Å²) in [7, 11) is 1.69. The van der Waals surface area contributed by atoms with Gasteiger partial charge in [0.05, 0.1) is 12.5 Å². The lowest BCUT2D eigenvalue weighted by Gasteiger charge is -2.27. The average Bonchev–Trinajstić information content (AvgIpc) is 2.83. The number of hydrogen-bond acceptors (Lipinski definition) is 4. The molecule has 1 aliphatic rings. The summed E-state index contributed by atoms with van der Waals surface area (Å²) in [6.45, 7) is 3.29. The van der Waals surface area contributed by atoms with Gasteiger partial charge in [0, 0.05) is 17.2 Å². The van der Waals surface area contributed by atoms with E-state index in [0.29, 0.717) is 5.37 Å². The fourth-order valence-corrected chi connectivity index (χ4v) is 4.41. The Kier molecular flexibility index (Phi) is 5.21. The normalized spacial score (nSPS) is 17.0. The first-order valence-electron chi connectivity index (χ1n) is 5.98. The van der Waals surface area contributed by atoms with Crippen molar-refractivity contribution >= 4 is 40.1 Å². The van der Waals surface area contributed by atoms with Crippen molar-refractivity contribution in [2.75, 3.05) is 19.4 Å². The highest BCUT2D eigenvalue weighted by molar-refractivity contribution is 8.23. The molecule has 1 aromatic carbocycles. The number of ether oxygens (including phenoxy) is 1. The number of nitrogens with zero attached hydrogens (tertiary/aromatic N) is 1. The van der Waals surface area contributed by atoms with Crippen LogP contribution in [0.5, 0.6) is 5.75 Å². The van der Waals surface area contributed by atoms with Gasteiger partial charge in [-0.15, -0.1) is 11.8 Å². The van der Waals surface area contributed by atoms with Crippen LogP contribution in [0.1, 0.15) is 13.3 Å². The number of thioether (sulfide) groups is 2. The molecule has 18 heavy (non-hydrogen) atoms. The Morgan fingerprint density at radius 1 is 1.44 bits per heavy atom.